The molecule has 2 aromatic heterocycles. The molecule has 3 aromatic rings. The zero-order chi connectivity index (χ0) is 19.5. The Morgan fingerprint density at radius 3 is 2.96 bits per heavy atom. The van der Waals surface area contributed by atoms with Crippen molar-refractivity contribution in [2.24, 2.45) is 11.8 Å². The molecule has 3 unspecified atom stereocenters. The van der Waals surface area contributed by atoms with Crippen LogP contribution in [0.5, 0.6) is 5.75 Å². The fourth-order valence-corrected chi connectivity index (χ4v) is 3.98. The summed E-state index contributed by atoms with van der Waals surface area (Å²) < 4.78 is 7.85. The van der Waals surface area contributed by atoms with Crippen LogP contribution >= 0.6 is 0 Å². The van der Waals surface area contributed by atoms with Gasteiger partial charge in [-0.1, -0.05) is 38.8 Å². The number of nitrogens with zero attached hydrogens (tertiary/aromatic N) is 2. The summed E-state index contributed by atoms with van der Waals surface area (Å²) in [5.74, 6) is 1.81. The Bertz CT molecular complexity index is 932. The van der Waals surface area contributed by atoms with Crippen LogP contribution < -0.4 is 10.1 Å². The summed E-state index contributed by atoms with van der Waals surface area (Å²) in [5, 5.41) is 3.22. The van der Waals surface area contributed by atoms with Gasteiger partial charge in [-0.05, 0) is 48.6 Å². The number of carbonyl (C=O) groups is 1. The van der Waals surface area contributed by atoms with Crippen molar-refractivity contribution in [2.45, 2.75) is 45.8 Å². The number of aromatic nitrogens is 2. The zero-order valence-electron chi connectivity index (χ0n) is 16.5. The maximum absolute atomic E-state index is 12.7. The van der Waals surface area contributed by atoms with E-state index >= 15 is 0 Å². The second kappa shape index (κ2) is 8.05. The number of nitrogens with one attached hydrogen (secondary N) is 1. The molecular formula is C23H27N3O2. The summed E-state index contributed by atoms with van der Waals surface area (Å²) >= 11 is 0. The van der Waals surface area contributed by atoms with Crippen molar-refractivity contribution >= 4 is 11.6 Å². The summed E-state index contributed by atoms with van der Waals surface area (Å²) in [4.78, 5) is 17.3. The van der Waals surface area contributed by atoms with Crippen molar-refractivity contribution < 1.29 is 9.53 Å². The molecule has 0 saturated heterocycles. The van der Waals surface area contributed by atoms with E-state index in [-0.39, 0.29) is 11.9 Å². The van der Waals surface area contributed by atoms with E-state index in [1.807, 2.05) is 59.3 Å². The van der Waals surface area contributed by atoms with Gasteiger partial charge in [0.25, 0.3) is 5.91 Å². The first-order valence-electron chi connectivity index (χ1n) is 10.1. The molecule has 0 radical (unpaired) electrons. The van der Waals surface area contributed by atoms with Crippen LogP contribution in [0.2, 0.25) is 0 Å². The van der Waals surface area contributed by atoms with Crippen LogP contribution in [-0.2, 0) is 6.61 Å². The molecule has 1 aromatic carbocycles. The lowest BCUT2D eigenvalue weighted by Crippen LogP contribution is -2.43. The molecule has 1 N–H and O–H groups in total. The first-order valence-corrected chi connectivity index (χ1v) is 10.1. The number of hydrogen-bond acceptors (Lipinski definition) is 3. The van der Waals surface area contributed by atoms with Crippen LogP contribution in [0.15, 0.2) is 54.9 Å². The predicted molar refractivity (Wildman–Crippen MR) is 109 cm³/mol. The lowest BCUT2D eigenvalue weighted by atomic mass is 9.78. The van der Waals surface area contributed by atoms with Gasteiger partial charge in [0.15, 0.2) is 0 Å². The van der Waals surface area contributed by atoms with Gasteiger partial charge < -0.3 is 14.5 Å². The number of ether oxygens (including phenoxy) is 1. The SMILES string of the molecule is CC1CCCC(NC(=O)c2cccc(OCc3cn4ccccc4n3)c2)C1C. The number of pyridine rings is 1. The van der Waals surface area contributed by atoms with Gasteiger partial charge in [0, 0.05) is 24.0 Å². The molecule has 5 heteroatoms. The topological polar surface area (TPSA) is 55.6 Å². The van der Waals surface area contributed by atoms with Crippen LogP contribution in [0.25, 0.3) is 5.65 Å². The zero-order valence-corrected chi connectivity index (χ0v) is 16.5. The van der Waals surface area contributed by atoms with Crippen LogP contribution in [0.3, 0.4) is 0 Å². The third kappa shape index (κ3) is 4.03. The minimum Gasteiger partial charge on any atom is -0.487 e. The number of rotatable bonds is 5. The lowest BCUT2D eigenvalue weighted by molar-refractivity contribution is 0.0890. The smallest absolute Gasteiger partial charge is 0.251 e. The average Bonchev–Trinajstić information content (AvgIpc) is 3.13. The van der Waals surface area contributed by atoms with Crippen molar-refractivity contribution in [1.29, 1.82) is 0 Å². The molecular weight excluding hydrogens is 350 g/mol. The van der Waals surface area contributed by atoms with Crippen LogP contribution in [-0.4, -0.2) is 21.3 Å². The molecule has 0 aliphatic heterocycles. The molecule has 1 aliphatic rings. The van der Waals surface area contributed by atoms with E-state index < -0.39 is 0 Å². The van der Waals surface area contributed by atoms with E-state index in [0.29, 0.717) is 29.8 Å². The van der Waals surface area contributed by atoms with Crippen molar-refractivity contribution in [2.75, 3.05) is 0 Å². The minimum absolute atomic E-state index is 0.0240. The number of hydrogen-bond donors (Lipinski definition) is 1. The van der Waals surface area contributed by atoms with E-state index in [4.69, 9.17) is 4.74 Å². The van der Waals surface area contributed by atoms with Gasteiger partial charge in [0.05, 0.1) is 5.69 Å². The van der Waals surface area contributed by atoms with Crippen molar-refractivity contribution in [3.05, 3.63) is 66.1 Å². The Kier molecular flexibility index (Phi) is 5.33. The minimum atomic E-state index is -0.0240. The van der Waals surface area contributed by atoms with E-state index in [2.05, 4.69) is 24.1 Å². The van der Waals surface area contributed by atoms with Crippen LogP contribution in [0.4, 0.5) is 0 Å². The van der Waals surface area contributed by atoms with Crippen LogP contribution in [0.1, 0.15) is 49.2 Å². The highest BCUT2D eigenvalue weighted by Crippen LogP contribution is 2.29. The van der Waals surface area contributed by atoms with Crippen LogP contribution in [0, 0.1) is 11.8 Å². The van der Waals surface area contributed by atoms with E-state index in [1.54, 1.807) is 0 Å². The molecule has 146 valence electrons. The predicted octanol–water partition coefficient (Wildman–Crippen LogP) is 4.47. The van der Waals surface area contributed by atoms with Crippen molar-refractivity contribution in [1.82, 2.24) is 14.7 Å². The fourth-order valence-electron chi connectivity index (χ4n) is 3.98. The Labute approximate surface area is 165 Å². The highest BCUT2D eigenvalue weighted by Gasteiger charge is 2.28. The molecule has 5 nitrogen and oxygen atoms in total. The molecule has 0 bridgehead atoms. The second-order valence-electron chi connectivity index (χ2n) is 7.86. The number of amides is 1. The normalized spacial score (nSPS) is 22.1. The molecule has 1 aliphatic carbocycles. The average molecular weight is 377 g/mol. The van der Waals surface area contributed by atoms with Crippen molar-refractivity contribution in [3.63, 3.8) is 0 Å². The van der Waals surface area contributed by atoms with E-state index in [1.165, 1.54) is 12.8 Å². The maximum atomic E-state index is 12.7. The molecule has 3 atom stereocenters. The molecule has 1 fully saturated rings. The van der Waals surface area contributed by atoms with Gasteiger partial charge >= 0.3 is 0 Å². The Morgan fingerprint density at radius 1 is 1.21 bits per heavy atom. The maximum Gasteiger partial charge on any atom is 0.251 e. The molecule has 2 heterocycles. The summed E-state index contributed by atoms with van der Waals surface area (Å²) in [6.07, 6.45) is 7.40. The Hall–Kier alpha value is -2.82. The summed E-state index contributed by atoms with van der Waals surface area (Å²) in [5.41, 5.74) is 2.38. The van der Waals surface area contributed by atoms with Gasteiger partial charge in [-0.3, -0.25) is 4.79 Å². The molecule has 28 heavy (non-hydrogen) atoms. The fraction of sp³-hybridized carbons (Fsp3) is 0.391. The summed E-state index contributed by atoms with van der Waals surface area (Å²) in [6.45, 7) is 4.88. The van der Waals surface area contributed by atoms with E-state index in [0.717, 1.165) is 17.8 Å². The highest BCUT2D eigenvalue weighted by atomic mass is 16.5. The third-order valence-electron chi connectivity index (χ3n) is 5.92. The first-order chi connectivity index (χ1) is 13.6. The summed E-state index contributed by atoms with van der Waals surface area (Å²) in [7, 11) is 0. The number of benzene rings is 1. The number of imidazole rings is 1. The van der Waals surface area contributed by atoms with Gasteiger partial charge in [-0.25, -0.2) is 4.98 Å². The lowest BCUT2D eigenvalue weighted by Gasteiger charge is -2.34. The standard InChI is InChI=1S/C23H27N3O2/c1-16-7-5-10-21(17(16)2)25-23(27)18-8-6-9-20(13-18)28-15-19-14-26-12-4-3-11-22(26)24-19/h3-4,6,8-9,11-14,16-17,21H,5,7,10,15H2,1-2H3,(H,25,27). The van der Waals surface area contributed by atoms with Crippen molar-refractivity contribution in [3.8, 4) is 5.75 Å². The second-order valence-corrected chi connectivity index (χ2v) is 7.86. The Balaban J connectivity index is 1.40. The number of carbonyl (C=O) groups excluding carboxylic acids is 1. The summed E-state index contributed by atoms with van der Waals surface area (Å²) in [6, 6.07) is 13.5. The quantitative estimate of drug-likeness (QED) is 0.714. The van der Waals surface area contributed by atoms with E-state index in [9.17, 15) is 4.79 Å². The van der Waals surface area contributed by atoms with Gasteiger partial charge in [-0.2, -0.15) is 0 Å². The molecule has 0 spiro atoms. The molecule has 1 amide bonds. The van der Waals surface area contributed by atoms with Gasteiger partial charge in [0.1, 0.15) is 18.0 Å². The van der Waals surface area contributed by atoms with Gasteiger partial charge in [0.2, 0.25) is 0 Å². The first kappa shape index (κ1) is 18.5. The molecule has 1 saturated carbocycles. The highest BCUT2D eigenvalue weighted by molar-refractivity contribution is 5.94. The Morgan fingerprint density at radius 2 is 2.11 bits per heavy atom. The van der Waals surface area contributed by atoms with Gasteiger partial charge in [-0.15, -0.1) is 0 Å². The monoisotopic (exact) mass is 377 g/mol. The third-order valence-corrected chi connectivity index (χ3v) is 5.92. The number of fused-ring (bicyclic) bond motifs is 1. The largest absolute Gasteiger partial charge is 0.487 e. The molecule has 4 rings (SSSR count).